The van der Waals surface area contributed by atoms with Crippen LogP contribution in [0.5, 0.6) is 0 Å². The minimum absolute atomic E-state index is 0.282. The van der Waals surface area contributed by atoms with Crippen molar-refractivity contribution < 1.29 is 24.2 Å². The van der Waals surface area contributed by atoms with Gasteiger partial charge in [-0.15, -0.1) is 0 Å². The lowest BCUT2D eigenvalue weighted by Crippen LogP contribution is -2.34. The van der Waals surface area contributed by atoms with Crippen molar-refractivity contribution in [2.75, 3.05) is 11.9 Å². The Morgan fingerprint density at radius 1 is 1.19 bits per heavy atom. The summed E-state index contributed by atoms with van der Waals surface area (Å²) in [6.45, 7) is 1.99. The van der Waals surface area contributed by atoms with Gasteiger partial charge in [0.05, 0.1) is 12.2 Å². The van der Waals surface area contributed by atoms with Crippen molar-refractivity contribution in [1.29, 1.82) is 0 Å². The average Bonchev–Trinajstić information content (AvgIpc) is 2.46. The summed E-state index contributed by atoms with van der Waals surface area (Å²) in [6.07, 6.45) is 0. The van der Waals surface area contributed by atoms with Gasteiger partial charge < -0.3 is 15.2 Å². The van der Waals surface area contributed by atoms with Crippen molar-refractivity contribution in [1.82, 2.24) is 0 Å². The maximum atomic E-state index is 11.8. The van der Waals surface area contributed by atoms with Gasteiger partial charge in [-0.1, -0.05) is 31.9 Å². The lowest BCUT2D eigenvalue weighted by atomic mass is 10.2. The van der Waals surface area contributed by atoms with E-state index in [1.807, 2.05) is 0 Å². The molecular formula is C13H13Br2NO5. The number of alkyl halides is 2. The first-order valence-corrected chi connectivity index (χ1v) is 7.79. The summed E-state index contributed by atoms with van der Waals surface area (Å²) in [5.74, 6) is -2.10. The predicted molar refractivity (Wildman–Crippen MR) is 84.1 cm³/mol. The molecule has 0 saturated carbocycles. The molecule has 0 fully saturated rings. The molecule has 0 aliphatic carbocycles. The lowest BCUT2D eigenvalue weighted by Gasteiger charge is -2.13. The van der Waals surface area contributed by atoms with Gasteiger partial charge in [0.1, 0.15) is 9.65 Å². The zero-order valence-corrected chi connectivity index (χ0v) is 14.2. The number of benzene rings is 1. The first-order valence-electron chi connectivity index (χ1n) is 5.95. The quantitative estimate of drug-likeness (QED) is 0.542. The summed E-state index contributed by atoms with van der Waals surface area (Å²) in [5.41, 5.74) is 0.816. The van der Waals surface area contributed by atoms with E-state index in [4.69, 9.17) is 9.84 Å². The van der Waals surface area contributed by atoms with Gasteiger partial charge in [0.2, 0.25) is 5.91 Å². The monoisotopic (exact) mass is 421 g/mol. The van der Waals surface area contributed by atoms with E-state index in [9.17, 15) is 14.4 Å². The van der Waals surface area contributed by atoms with Crippen LogP contribution in [0.2, 0.25) is 0 Å². The van der Waals surface area contributed by atoms with Crippen LogP contribution in [0.25, 0.3) is 0 Å². The number of hydrogen-bond donors (Lipinski definition) is 2. The zero-order chi connectivity index (χ0) is 16.0. The summed E-state index contributed by atoms with van der Waals surface area (Å²) in [6, 6.07) is 6.10. The van der Waals surface area contributed by atoms with E-state index in [2.05, 4.69) is 37.2 Å². The highest BCUT2D eigenvalue weighted by Crippen LogP contribution is 2.18. The number of aliphatic carboxylic acids is 1. The fourth-order valence-corrected chi connectivity index (χ4v) is 1.95. The van der Waals surface area contributed by atoms with E-state index in [1.165, 1.54) is 24.3 Å². The number of carbonyl (C=O) groups excluding carboxylic acids is 2. The van der Waals surface area contributed by atoms with Gasteiger partial charge in [-0.2, -0.15) is 0 Å². The SMILES string of the molecule is CCOC(=O)c1ccc(NC(=O)[C@H](Br)[C@@H](Br)C(=O)O)cc1. The van der Waals surface area contributed by atoms with E-state index in [0.717, 1.165) is 0 Å². The van der Waals surface area contributed by atoms with Crippen molar-refractivity contribution in [3.8, 4) is 0 Å². The number of rotatable bonds is 6. The molecule has 0 aromatic heterocycles. The van der Waals surface area contributed by atoms with Crippen LogP contribution >= 0.6 is 31.9 Å². The molecule has 0 heterocycles. The van der Waals surface area contributed by atoms with Gasteiger partial charge in [0.25, 0.3) is 0 Å². The van der Waals surface area contributed by atoms with Crippen LogP contribution in [-0.4, -0.2) is 39.2 Å². The molecule has 1 aromatic carbocycles. The molecule has 0 bridgehead atoms. The average molecular weight is 423 g/mol. The van der Waals surface area contributed by atoms with E-state index in [-0.39, 0.29) is 6.61 Å². The Morgan fingerprint density at radius 3 is 2.24 bits per heavy atom. The van der Waals surface area contributed by atoms with Crippen LogP contribution in [-0.2, 0) is 14.3 Å². The molecule has 21 heavy (non-hydrogen) atoms. The van der Waals surface area contributed by atoms with Crippen molar-refractivity contribution in [2.45, 2.75) is 16.6 Å². The molecule has 0 radical (unpaired) electrons. The molecule has 0 spiro atoms. The highest BCUT2D eigenvalue weighted by molar-refractivity contribution is 9.12. The molecule has 114 valence electrons. The molecule has 0 saturated heterocycles. The summed E-state index contributed by atoms with van der Waals surface area (Å²) in [5, 5.41) is 11.4. The van der Waals surface area contributed by atoms with Crippen LogP contribution in [0.4, 0.5) is 5.69 Å². The van der Waals surface area contributed by atoms with Gasteiger partial charge in [-0.25, -0.2) is 4.79 Å². The second kappa shape index (κ2) is 8.14. The first-order chi connectivity index (χ1) is 9.86. The fraction of sp³-hybridized carbons (Fsp3) is 0.308. The maximum Gasteiger partial charge on any atom is 0.338 e. The standard InChI is InChI=1S/C13H13Br2NO5/c1-2-21-13(20)7-3-5-8(6-4-7)16-11(17)9(14)10(15)12(18)19/h3-6,9-10H,2H2,1H3,(H,16,17)(H,18,19)/t9-,10-/m1/s1. The molecule has 8 heteroatoms. The fourth-order valence-electron chi connectivity index (χ4n) is 1.37. The van der Waals surface area contributed by atoms with Gasteiger partial charge in [-0.3, -0.25) is 9.59 Å². The number of anilines is 1. The van der Waals surface area contributed by atoms with Crippen LogP contribution in [0, 0.1) is 0 Å². The molecular weight excluding hydrogens is 410 g/mol. The van der Waals surface area contributed by atoms with E-state index in [1.54, 1.807) is 6.92 Å². The Hall–Kier alpha value is -1.41. The number of esters is 1. The van der Waals surface area contributed by atoms with Gasteiger partial charge in [0.15, 0.2) is 0 Å². The summed E-state index contributed by atoms with van der Waals surface area (Å²) >= 11 is 5.91. The molecule has 2 N–H and O–H groups in total. The minimum Gasteiger partial charge on any atom is -0.480 e. The molecule has 2 atom stereocenters. The molecule has 1 amide bonds. The summed E-state index contributed by atoms with van der Waals surface area (Å²) < 4.78 is 4.84. The van der Waals surface area contributed by atoms with Crippen molar-refractivity contribution in [2.24, 2.45) is 0 Å². The van der Waals surface area contributed by atoms with E-state index < -0.39 is 27.5 Å². The van der Waals surface area contributed by atoms with Crippen LogP contribution in [0.3, 0.4) is 0 Å². The van der Waals surface area contributed by atoms with Gasteiger partial charge in [-0.05, 0) is 31.2 Å². The number of carbonyl (C=O) groups is 3. The molecule has 0 aliphatic rings. The largest absolute Gasteiger partial charge is 0.480 e. The zero-order valence-electron chi connectivity index (χ0n) is 11.0. The van der Waals surface area contributed by atoms with Crippen molar-refractivity contribution >= 4 is 55.4 Å². The Kier molecular flexibility index (Phi) is 6.83. The molecule has 0 unspecified atom stereocenters. The number of hydrogen-bond acceptors (Lipinski definition) is 4. The number of amides is 1. The van der Waals surface area contributed by atoms with Crippen molar-refractivity contribution in [3.05, 3.63) is 29.8 Å². The Morgan fingerprint density at radius 2 is 1.76 bits per heavy atom. The van der Waals surface area contributed by atoms with Gasteiger partial charge >= 0.3 is 11.9 Å². The number of halogens is 2. The Labute approximate surface area is 138 Å². The second-order valence-electron chi connectivity index (χ2n) is 3.93. The van der Waals surface area contributed by atoms with E-state index >= 15 is 0 Å². The van der Waals surface area contributed by atoms with Crippen LogP contribution in [0.15, 0.2) is 24.3 Å². The number of nitrogens with one attached hydrogen (secondary N) is 1. The minimum atomic E-state index is -1.15. The number of carboxylic acid groups (broad SMARTS) is 1. The molecule has 1 aromatic rings. The Bertz CT molecular complexity index is 532. The smallest absolute Gasteiger partial charge is 0.338 e. The normalized spacial score (nSPS) is 13.1. The lowest BCUT2D eigenvalue weighted by molar-refractivity contribution is -0.137. The Balaban J connectivity index is 2.69. The van der Waals surface area contributed by atoms with Gasteiger partial charge in [0, 0.05) is 5.69 Å². The summed E-state index contributed by atoms with van der Waals surface area (Å²) in [7, 11) is 0. The van der Waals surface area contributed by atoms with Crippen LogP contribution < -0.4 is 5.32 Å². The molecule has 1 rings (SSSR count). The highest BCUT2D eigenvalue weighted by atomic mass is 79.9. The first kappa shape index (κ1) is 17.6. The topological polar surface area (TPSA) is 92.7 Å². The third-order valence-corrected chi connectivity index (χ3v) is 4.98. The van der Waals surface area contributed by atoms with E-state index in [0.29, 0.717) is 11.3 Å². The third-order valence-electron chi connectivity index (χ3n) is 2.41. The third kappa shape index (κ3) is 5.13. The predicted octanol–water partition coefficient (Wildman–Crippen LogP) is 2.41. The van der Waals surface area contributed by atoms with Crippen molar-refractivity contribution in [3.63, 3.8) is 0 Å². The van der Waals surface area contributed by atoms with Crippen LogP contribution in [0.1, 0.15) is 17.3 Å². The number of ether oxygens (including phenoxy) is 1. The maximum absolute atomic E-state index is 11.8. The number of carboxylic acids is 1. The highest BCUT2D eigenvalue weighted by Gasteiger charge is 2.29. The second-order valence-corrected chi connectivity index (χ2v) is 5.90. The summed E-state index contributed by atoms with van der Waals surface area (Å²) in [4.78, 5) is 32.1. The molecule has 0 aliphatic heterocycles. The molecule has 6 nitrogen and oxygen atoms in total.